The Morgan fingerprint density at radius 3 is 2.46 bits per heavy atom. The molecule has 0 unspecified atom stereocenters. The highest BCUT2D eigenvalue weighted by Crippen LogP contribution is 2.17. The maximum absolute atomic E-state index is 12.3. The molecule has 6 nitrogen and oxygen atoms in total. The minimum Gasteiger partial charge on any atom is -0.354 e. The molecule has 6 heteroatoms. The molecule has 130 valence electrons. The molecule has 0 aliphatic heterocycles. The van der Waals surface area contributed by atoms with Gasteiger partial charge in [-0.15, -0.1) is 0 Å². The highest BCUT2D eigenvalue weighted by atomic mass is 16.1. The van der Waals surface area contributed by atoms with Gasteiger partial charge in [0.15, 0.2) is 5.78 Å². The van der Waals surface area contributed by atoms with Crippen molar-refractivity contribution in [3.8, 4) is 0 Å². The average Bonchev–Trinajstić information content (AvgIpc) is 2.67. The molecule has 0 radical (unpaired) electrons. The Morgan fingerprint density at radius 2 is 1.77 bits per heavy atom. The standard InChI is InChI=1S/C20H18N4O2/c1-14(25)15-5-7-17(8-6-15)24-19-10-16(11-21-12-19)20(26)23-13-18-4-2-3-9-22-18/h2-12,24H,13H2,1H3,(H,23,26). The number of anilines is 2. The van der Waals surface area contributed by atoms with Crippen LogP contribution in [0.5, 0.6) is 0 Å². The number of amides is 1. The number of pyridine rings is 2. The van der Waals surface area contributed by atoms with Gasteiger partial charge in [0.25, 0.3) is 5.91 Å². The van der Waals surface area contributed by atoms with Gasteiger partial charge in [-0.3, -0.25) is 19.6 Å². The predicted molar refractivity (Wildman–Crippen MR) is 99.4 cm³/mol. The van der Waals surface area contributed by atoms with Gasteiger partial charge in [0.1, 0.15) is 0 Å². The van der Waals surface area contributed by atoms with Crippen LogP contribution < -0.4 is 10.6 Å². The SMILES string of the molecule is CC(=O)c1ccc(Nc2cncc(C(=O)NCc3ccccn3)c2)cc1. The first-order valence-electron chi connectivity index (χ1n) is 8.13. The Bertz CT molecular complexity index is 909. The lowest BCUT2D eigenvalue weighted by atomic mass is 10.1. The van der Waals surface area contributed by atoms with Crippen LogP contribution >= 0.6 is 0 Å². The van der Waals surface area contributed by atoms with E-state index >= 15 is 0 Å². The van der Waals surface area contributed by atoms with E-state index in [-0.39, 0.29) is 11.7 Å². The number of hydrogen-bond donors (Lipinski definition) is 2. The maximum Gasteiger partial charge on any atom is 0.253 e. The molecule has 0 fully saturated rings. The Labute approximate surface area is 151 Å². The van der Waals surface area contributed by atoms with E-state index in [0.717, 1.165) is 11.4 Å². The summed E-state index contributed by atoms with van der Waals surface area (Å²) in [4.78, 5) is 31.9. The summed E-state index contributed by atoms with van der Waals surface area (Å²) in [6.07, 6.45) is 4.83. The Balaban J connectivity index is 1.65. The molecule has 0 saturated carbocycles. The van der Waals surface area contributed by atoms with Crippen LogP contribution in [0.4, 0.5) is 11.4 Å². The molecule has 1 aromatic carbocycles. The lowest BCUT2D eigenvalue weighted by molar-refractivity contribution is 0.0949. The number of benzene rings is 1. The fourth-order valence-electron chi connectivity index (χ4n) is 2.36. The molecule has 0 aliphatic rings. The van der Waals surface area contributed by atoms with Crippen LogP contribution in [0, 0.1) is 0 Å². The number of hydrogen-bond acceptors (Lipinski definition) is 5. The molecule has 0 bridgehead atoms. The summed E-state index contributed by atoms with van der Waals surface area (Å²) < 4.78 is 0. The Morgan fingerprint density at radius 1 is 0.962 bits per heavy atom. The lowest BCUT2D eigenvalue weighted by Gasteiger charge is -2.09. The van der Waals surface area contributed by atoms with E-state index in [1.165, 1.54) is 13.1 Å². The molecule has 2 N–H and O–H groups in total. The number of carbonyl (C=O) groups excluding carboxylic acids is 2. The summed E-state index contributed by atoms with van der Waals surface area (Å²) >= 11 is 0. The number of nitrogens with one attached hydrogen (secondary N) is 2. The molecule has 0 saturated heterocycles. The number of carbonyl (C=O) groups is 2. The molecule has 3 aromatic rings. The van der Waals surface area contributed by atoms with E-state index in [9.17, 15) is 9.59 Å². The van der Waals surface area contributed by atoms with Crippen molar-refractivity contribution in [2.75, 3.05) is 5.32 Å². The summed E-state index contributed by atoms with van der Waals surface area (Å²) in [6, 6.07) is 14.4. The van der Waals surface area contributed by atoms with Crippen molar-refractivity contribution < 1.29 is 9.59 Å². The maximum atomic E-state index is 12.3. The van der Waals surface area contributed by atoms with Gasteiger partial charge >= 0.3 is 0 Å². The molecule has 3 rings (SSSR count). The van der Waals surface area contributed by atoms with Crippen molar-refractivity contribution in [3.63, 3.8) is 0 Å². The zero-order chi connectivity index (χ0) is 18.4. The second-order valence-electron chi connectivity index (χ2n) is 5.72. The van der Waals surface area contributed by atoms with Gasteiger partial charge in [-0.05, 0) is 49.4 Å². The quantitative estimate of drug-likeness (QED) is 0.669. The highest BCUT2D eigenvalue weighted by Gasteiger charge is 2.08. The fraction of sp³-hybridized carbons (Fsp3) is 0.100. The second kappa shape index (κ2) is 8.02. The fourth-order valence-corrected chi connectivity index (χ4v) is 2.36. The van der Waals surface area contributed by atoms with Crippen LogP contribution in [-0.2, 0) is 6.54 Å². The normalized spacial score (nSPS) is 10.2. The van der Waals surface area contributed by atoms with Crippen LogP contribution in [0.2, 0.25) is 0 Å². The average molecular weight is 346 g/mol. The van der Waals surface area contributed by atoms with Crippen LogP contribution in [-0.4, -0.2) is 21.7 Å². The van der Waals surface area contributed by atoms with Crippen LogP contribution in [0.15, 0.2) is 67.1 Å². The third-order valence-corrected chi connectivity index (χ3v) is 3.74. The molecule has 0 atom stereocenters. The molecule has 0 spiro atoms. The summed E-state index contributed by atoms with van der Waals surface area (Å²) in [6.45, 7) is 1.88. The van der Waals surface area contributed by atoms with Crippen LogP contribution in [0.3, 0.4) is 0 Å². The van der Waals surface area contributed by atoms with Crippen molar-refractivity contribution in [2.24, 2.45) is 0 Å². The Kier molecular flexibility index (Phi) is 5.34. The summed E-state index contributed by atoms with van der Waals surface area (Å²) in [5, 5.41) is 5.99. The van der Waals surface area contributed by atoms with Gasteiger partial charge in [0.2, 0.25) is 0 Å². The van der Waals surface area contributed by atoms with E-state index in [2.05, 4.69) is 20.6 Å². The Hall–Kier alpha value is -3.54. The lowest BCUT2D eigenvalue weighted by Crippen LogP contribution is -2.23. The molecule has 0 aliphatic carbocycles. The smallest absolute Gasteiger partial charge is 0.253 e. The second-order valence-corrected chi connectivity index (χ2v) is 5.72. The minimum absolute atomic E-state index is 0.0183. The summed E-state index contributed by atoms with van der Waals surface area (Å²) in [5.74, 6) is -0.205. The van der Waals surface area contributed by atoms with E-state index in [4.69, 9.17) is 0 Å². The topological polar surface area (TPSA) is 84.0 Å². The molecular weight excluding hydrogens is 328 g/mol. The largest absolute Gasteiger partial charge is 0.354 e. The first-order valence-corrected chi connectivity index (χ1v) is 8.13. The van der Waals surface area contributed by atoms with Crippen molar-refractivity contribution in [1.29, 1.82) is 0 Å². The van der Waals surface area contributed by atoms with Gasteiger partial charge < -0.3 is 10.6 Å². The van der Waals surface area contributed by atoms with E-state index in [0.29, 0.717) is 23.4 Å². The zero-order valence-corrected chi connectivity index (χ0v) is 14.3. The number of nitrogens with zero attached hydrogens (tertiary/aromatic N) is 2. The number of ketones is 1. The molecule has 2 heterocycles. The van der Waals surface area contributed by atoms with Crippen molar-refractivity contribution in [2.45, 2.75) is 13.5 Å². The third-order valence-electron chi connectivity index (χ3n) is 3.74. The summed E-state index contributed by atoms with van der Waals surface area (Å²) in [5.41, 5.74) is 3.38. The highest BCUT2D eigenvalue weighted by molar-refractivity contribution is 5.95. The summed E-state index contributed by atoms with van der Waals surface area (Å²) in [7, 11) is 0. The molecule has 26 heavy (non-hydrogen) atoms. The number of aromatic nitrogens is 2. The van der Waals surface area contributed by atoms with Gasteiger partial charge in [-0.25, -0.2) is 0 Å². The number of rotatable bonds is 6. The molecule has 1 amide bonds. The van der Waals surface area contributed by atoms with Gasteiger partial charge in [0, 0.05) is 23.6 Å². The number of Topliss-reactive ketones (excluding diaryl/α,β-unsaturated/α-hetero) is 1. The van der Waals surface area contributed by atoms with Gasteiger partial charge in [0.05, 0.1) is 29.7 Å². The molecular formula is C20H18N4O2. The van der Waals surface area contributed by atoms with Crippen LogP contribution in [0.25, 0.3) is 0 Å². The van der Waals surface area contributed by atoms with Crippen molar-refractivity contribution in [1.82, 2.24) is 15.3 Å². The first kappa shape index (κ1) is 17.3. The van der Waals surface area contributed by atoms with Crippen molar-refractivity contribution in [3.05, 3.63) is 83.9 Å². The van der Waals surface area contributed by atoms with Crippen LogP contribution in [0.1, 0.15) is 33.3 Å². The van der Waals surface area contributed by atoms with E-state index < -0.39 is 0 Å². The van der Waals surface area contributed by atoms with Crippen molar-refractivity contribution >= 4 is 23.1 Å². The van der Waals surface area contributed by atoms with E-state index in [1.807, 2.05) is 30.3 Å². The third kappa shape index (κ3) is 4.51. The minimum atomic E-state index is -0.223. The van der Waals surface area contributed by atoms with Gasteiger partial charge in [-0.2, -0.15) is 0 Å². The predicted octanol–water partition coefficient (Wildman–Crippen LogP) is 3.35. The monoisotopic (exact) mass is 346 g/mol. The van der Waals surface area contributed by atoms with Gasteiger partial charge in [-0.1, -0.05) is 6.07 Å². The van der Waals surface area contributed by atoms with E-state index in [1.54, 1.807) is 30.6 Å². The zero-order valence-electron chi connectivity index (χ0n) is 14.3. The first-order chi connectivity index (χ1) is 12.6. The molecule has 2 aromatic heterocycles.